The molecule has 5 heteroatoms. The third-order valence-corrected chi connectivity index (χ3v) is 3.85. The monoisotopic (exact) mass is 264 g/mol. The van der Waals surface area contributed by atoms with E-state index in [0.717, 1.165) is 18.5 Å². The Hall–Kier alpha value is -1.35. The van der Waals surface area contributed by atoms with Crippen LogP contribution in [0.1, 0.15) is 21.7 Å². The van der Waals surface area contributed by atoms with Crippen LogP contribution < -0.4 is 5.73 Å². The van der Waals surface area contributed by atoms with E-state index < -0.39 is 0 Å². The highest BCUT2D eigenvalue weighted by molar-refractivity contribution is 7.12. The molecule has 1 aliphatic heterocycles. The molecule has 2 rings (SSSR count). The van der Waals surface area contributed by atoms with Gasteiger partial charge in [0, 0.05) is 25.8 Å². The van der Waals surface area contributed by atoms with E-state index in [-0.39, 0.29) is 12.0 Å². The molecule has 1 aromatic rings. The quantitative estimate of drug-likeness (QED) is 0.808. The highest BCUT2D eigenvalue weighted by Crippen LogP contribution is 2.21. The third kappa shape index (κ3) is 2.72. The first-order valence-electron chi connectivity index (χ1n) is 5.84. The first kappa shape index (κ1) is 13.1. The van der Waals surface area contributed by atoms with Crippen molar-refractivity contribution in [1.29, 1.82) is 0 Å². The SMILES string of the molecule is COC1CCN(C(=O)c2sccc2C#CCN)C1. The second-order valence-electron chi connectivity index (χ2n) is 4.07. The van der Waals surface area contributed by atoms with Gasteiger partial charge in [-0.05, 0) is 17.9 Å². The Bertz CT molecular complexity index is 487. The van der Waals surface area contributed by atoms with Gasteiger partial charge in [0.2, 0.25) is 0 Å². The molecule has 1 unspecified atom stereocenters. The van der Waals surface area contributed by atoms with E-state index in [1.54, 1.807) is 7.11 Å². The molecule has 0 saturated carbocycles. The van der Waals surface area contributed by atoms with Crippen molar-refractivity contribution in [2.75, 3.05) is 26.7 Å². The van der Waals surface area contributed by atoms with Crippen LogP contribution in [0.25, 0.3) is 0 Å². The molecule has 1 amide bonds. The topological polar surface area (TPSA) is 55.6 Å². The summed E-state index contributed by atoms with van der Waals surface area (Å²) >= 11 is 1.43. The molecule has 0 aliphatic carbocycles. The lowest BCUT2D eigenvalue weighted by atomic mass is 10.2. The maximum atomic E-state index is 12.3. The van der Waals surface area contributed by atoms with Crippen LogP contribution in [0.3, 0.4) is 0 Å². The van der Waals surface area contributed by atoms with Gasteiger partial charge in [-0.2, -0.15) is 0 Å². The minimum Gasteiger partial charge on any atom is -0.380 e. The van der Waals surface area contributed by atoms with Gasteiger partial charge in [0.15, 0.2) is 0 Å². The molecule has 2 heterocycles. The van der Waals surface area contributed by atoms with E-state index in [0.29, 0.717) is 18.0 Å². The van der Waals surface area contributed by atoms with E-state index in [9.17, 15) is 4.79 Å². The zero-order chi connectivity index (χ0) is 13.0. The minimum absolute atomic E-state index is 0.0471. The second kappa shape index (κ2) is 6.01. The number of carbonyl (C=O) groups is 1. The van der Waals surface area contributed by atoms with Crippen LogP contribution in [0.5, 0.6) is 0 Å². The Kier molecular flexibility index (Phi) is 4.37. The molecule has 0 bridgehead atoms. The summed E-state index contributed by atoms with van der Waals surface area (Å²) in [5.74, 6) is 5.77. The number of carbonyl (C=O) groups excluding carboxylic acids is 1. The van der Waals surface area contributed by atoms with Crippen LogP contribution in [0.2, 0.25) is 0 Å². The van der Waals surface area contributed by atoms with E-state index in [4.69, 9.17) is 10.5 Å². The molecule has 1 aromatic heterocycles. The average Bonchev–Trinajstić information content (AvgIpc) is 3.04. The number of amides is 1. The molecular weight excluding hydrogens is 248 g/mol. The summed E-state index contributed by atoms with van der Waals surface area (Å²) in [7, 11) is 1.68. The first-order chi connectivity index (χ1) is 8.76. The van der Waals surface area contributed by atoms with Crippen molar-refractivity contribution in [3.63, 3.8) is 0 Å². The lowest BCUT2D eigenvalue weighted by Gasteiger charge is -2.15. The molecule has 18 heavy (non-hydrogen) atoms. The van der Waals surface area contributed by atoms with Gasteiger partial charge in [0.05, 0.1) is 12.6 Å². The average molecular weight is 264 g/mol. The molecule has 1 aliphatic rings. The van der Waals surface area contributed by atoms with Crippen LogP contribution in [-0.2, 0) is 4.74 Å². The summed E-state index contributed by atoms with van der Waals surface area (Å²) in [6.45, 7) is 1.72. The number of ether oxygens (including phenoxy) is 1. The standard InChI is InChI=1S/C13H16N2O2S/c1-17-11-4-7-15(9-11)13(16)12-10(3-2-6-14)5-8-18-12/h5,8,11H,4,6-7,9,14H2,1H3. The molecule has 1 atom stereocenters. The zero-order valence-corrected chi connectivity index (χ0v) is 11.1. The maximum absolute atomic E-state index is 12.3. The summed E-state index contributed by atoms with van der Waals surface area (Å²) in [5.41, 5.74) is 6.12. The van der Waals surface area contributed by atoms with Crippen molar-refractivity contribution in [3.05, 3.63) is 21.9 Å². The number of hydrogen-bond acceptors (Lipinski definition) is 4. The Balaban J connectivity index is 2.12. The number of hydrogen-bond donors (Lipinski definition) is 1. The molecule has 0 aromatic carbocycles. The fourth-order valence-corrected chi connectivity index (χ4v) is 2.78. The Morgan fingerprint density at radius 1 is 1.72 bits per heavy atom. The van der Waals surface area contributed by atoms with Gasteiger partial charge < -0.3 is 15.4 Å². The number of likely N-dealkylation sites (tertiary alicyclic amines) is 1. The fraction of sp³-hybridized carbons (Fsp3) is 0.462. The predicted octanol–water partition coefficient (Wildman–Crippen LogP) is 0.919. The van der Waals surface area contributed by atoms with Crippen molar-refractivity contribution in [3.8, 4) is 11.8 Å². The largest absolute Gasteiger partial charge is 0.380 e. The number of methoxy groups -OCH3 is 1. The number of thiophene rings is 1. The first-order valence-corrected chi connectivity index (χ1v) is 6.72. The van der Waals surface area contributed by atoms with Gasteiger partial charge in [-0.1, -0.05) is 11.8 Å². The molecule has 96 valence electrons. The highest BCUT2D eigenvalue weighted by Gasteiger charge is 2.28. The lowest BCUT2D eigenvalue weighted by Crippen LogP contribution is -2.29. The second-order valence-corrected chi connectivity index (χ2v) is 4.98. The Morgan fingerprint density at radius 3 is 3.22 bits per heavy atom. The van der Waals surface area contributed by atoms with Gasteiger partial charge in [0.25, 0.3) is 5.91 Å². The van der Waals surface area contributed by atoms with Gasteiger partial charge >= 0.3 is 0 Å². The van der Waals surface area contributed by atoms with E-state index in [2.05, 4.69) is 11.8 Å². The van der Waals surface area contributed by atoms with Crippen molar-refractivity contribution < 1.29 is 9.53 Å². The van der Waals surface area contributed by atoms with E-state index in [1.165, 1.54) is 11.3 Å². The molecule has 1 saturated heterocycles. The molecule has 4 nitrogen and oxygen atoms in total. The number of rotatable bonds is 2. The van der Waals surface area contributed by atoms with E-state index in [1.807, 2.05) is 16.3 Å². The summed E-state index contributed by atoms with van der Waals surface area (Å²) in [6, 6.07) is 1.87. The van der Waals surface area contributed by atoms with Crippen molar-refractivity contribution in [1.82, 2.24) is 4.90 Å². The molecule has 1 fully saturated rings. The summed E-state index contributed by atoms with van der Waals surface area (Å²) < 4.78 is 5.27. The van der Waals surface area contributed by atoms with Gasteiger partial charge in [-0.15, -0.1) is 11.3 Å². The summed E-state index contributed by atoms with van der Waals surface area (Å²) in [5, 5.41) is 1.89. The predicted molar refractivity (Wildman–Crippen MR) is 71.6 cm³/mol. The van der Waals surface area contributed by atoms with Crippen molar-refractivity contribution in [2.45, 2.75) is 12.5 Å². The Labute approximate surface area is 111 Å². The van der Waals surface area contributed by atoms with Crippen molar-refractivity contribution in [2.24, 2.45) is 5.73 Å². The molecule has 0 spiro atoms. The van der Waals surface area contributed by atoms with Gasteiger partial charge in [-0.25, -0.2) is 0 Å². The van der Waals surface area contributed by atoms with Crippen LogP contribution in [0.4, 0.5) is 0 Å². The van der Waals surface area contributed by atoms with Crippen molar-refractivity contribution >= 4 is 17.2 Å². The minimum atomic E-state index is 0.0471. The van der Waals surface area contributed by atoms with E-state index >= 15 is 0 Å². The number of nitrogens with zero attached hydrogens (tertiary/aromatic N) is 1. The molecule has 0 radical (unpaired) electrons. The van der Waals surface area contributed by atoms with Crippen LogP contribution in [0, 0.1) is 11.8 Å². The normalized spacial score (nSPS) is 18.6. The number of nitrogens with two attached hydrogens (primary N) is 1. The smallest absolute Gasteiger partial charge is 0.265 e. The lowest BCUT2D eigenvalue weighted by molar-refractivity contribution is 0.0728. The molecular formula is C13H16N2O2S. The Morgan fingerprint density at radius 2 is 2.56 bits per heavy atom. The fourth-order valence-electron chi connectivity index (χ4n) is 1.97. The third-order valence-electron chi connectivity index (χ3n) is 2.95. The molecule has 2 N–H and O–H groups in total. The van der Waals surface area contributed by atoms with Crippen LogP contribution in [0.15, 0.2) is 11.4 Å². The van der Waals surface area contributed by atoms with Crippen LogP contribution >= 0.6 is 11.3 Å². The zero-order valence-electron chi connectivity index (χ0n) is 10.3. The maximum Gasteiger partial charge on any atom is 0.265 e. The summed E-state index contributed by atoms with van der Waals surface area (Å²) in [6.07, 6.45) is 1.06. The summed E-state index contributed by atoms with van der Waals surface area (Å²) in [4.78, 5) is 14.9. The van der Waals surface area contributed by atoms with Gasteiger partial charge in [0.1, 0.15) is 4.88 Å². The van der Waals surface area contributed by atoms with Gasteiger partial charge in [-0.3, -0.25) is 4.79 Å². The van der Waals surface area contributed by atoms with Crippen LogP contribution in [-0.4, -0.2) is 43.7 Å². The highest BCUT2D eigenvalue weighted by atomic mass is 32.1.